The summed E-state index contributed by atoms with van der Waals surface area (Å²) in [5.41, 5.74) is 11.1. The number of nitrogens with two attached hydrogens (primary N) is 2. The zero-order valence-electron chi connectivity index (χ0n) is 39.5. The number of carbonyl (C=O) groups excluding carboxylic acids is 2. The minimum atomic E-state index is -4.62. The molecule has 0 fully saturated rings. The smallest absolute Gasteiger partial charge is 0.472 e. The average molecular weight is 943 g/mol. The molecule has 0 saturated heterocycles. The molecule has 0 amide bonds. The quantitative estimate of drug-likeness (QED) is 0.0119. The fourth-order valence-corrected chi connectivity index (χ4v) is 8.11. The van der Waals surface area contributed by atoms with Crippen molar-refractivity contribution in [3.8, 4) is 0 Å². The number of phosphoric acid groups is 1. The summed E-state index contributed by atoms with van der Waals surface area (Å²) >= 11 is 1.31. The van der Waals surface area contributed by atoms with Crippen LogP contribution in [0.5, 0.6) is 0 Å². The van der Waals surface area contributed by atoms with Crippen LogP contribution in [-0.4, -0.2) is 88.2 Å². The summed E-state index contributed by atoms with van der Waals surface area (Å²) < 4.78 is 33.8. The van der Waals surface area contributed by atoms with Gasteiger partial charge >= 0.3 is 19.8 Å². The number of rotatable bonds is 45. The van der Waals surface area contributed by atoms with E-state index in [4.69, 9.17) is 30.0 Å². The maximum atomic E-state index is 12.8. The van der Waals surface area contributed by atoms with E-state index in [1.165, 1.54) is 108 Å². The van der Waals surface area contributed by atoms with Gasteiger partial charge in [-0.3, -0.25) is 18.6 Å². The highest BCUT2D eigenvalue weighted by Crippen LogP contribution is 2.43. The van der Waals surface area contributed by atoms with E-state index in [9.17, 15) is 24.2 Å². The van der Waals surface area contributed by atoms with Gasteiger partial charge in [0.15, 0.2) is 6.10 Å². The van der Waals surface area contributed by atoms with E-state index >= 15 is 0 Å². The molecule has 370 valence electrons. The summed E-state index contributed by atoms with van der Waals surface area (Å²) in [6.45, 7) is 3.54. The number of hydrogen-bond donors (Lipinski definition) is 4. The molecule has 0 aromatic carbocycles. The van der Waals surface area contributed by atoms with Crippen molar-refractivity contribution in [2.75, 3.05) is 61.2 Å². The first-order chi connectivity index (χ1) is 31.0. The number of carbonyl (C=O) groups is 2. The molecule has 0 aliphatic rings. The minimum Gasteiger partial charge on any atom is -0.861 e. The van der Waals surface area contributed by atoms with Gasteiger partial charge < -0.3 is 41.3 Å². The van der Waals surface area contributed by atoms with Crippen molar-refractivity contribution < 1.29 is 42.7 Å². The van der Waals surface area contributed by atoms with Gasteiger partial charge in [0.05, 0.1) is 19.8 Å². The second-order valence-electron chi connectivity index (χ2n) is 16.3. The summed E-state index contributed by atoms with van der Waals surface area (Å²) in [5, 5.41) is 15.1. The minimum absolute atomic E-state index is 0.00433. The van der Waals surface area contributed by atoms with Gasteiger partial charge in [-0.15, -0.1) is 0 Å². The largest absolute Gasteiger partial charge is 0.861 e. The highest BCUT2D eigenvalue weighted by molar-refractivity contribution is 7.99. The van der Waals surface area contributed by atoms with E-state index in [2.05, 4.69) is 51.3 Å². The van der Waals surface area contributed by atoms with Crippen molar-refractivity contribution in [3.63, 3.8) is 0 Å². The van der Waals surface area contributed by atoms with Gasteiger partial charge in [0.25, 0.3) is 0 Å². The lowest BCUT2D eigenvalue weighted by Gasteiger charge is -2.20. The van der Waals surface area contributed by atoms with E-state index in [0.29, 0.717) is 25.1 Å². The van der Waals surface area contributed by atoms with Gasteiger partial charge in [-0.25, -0.2) is 4.57 Å². The highest BCUT2D eigenvalue weighted by atomic mass is 32.2. The molecular formula is C46H85N7O9PS-. The Kier molecular flexibility index (Phi) is 38.2. The Labute approximate surface area is 389 Å². The fourth-order valence-electron chi connectivity index (χ4n) is 6.72. The number of aliphatic imine (C=N–C) groups is 1. The first kappa shape index (κ1) is 59.0. The van der Waals surface area contributed by atoms with Gasteiger partial charge in [0, 0.05) is 30.9 Å². The Morgan fingerprint density at radius 2 is 1.20 bits per heavy atom. The van der Waals surface area contributed by atoms with Gasteiger partial charge in [-0.2, -0.15) is 26.7 Å². The number of ether oxygens (including phenoxy) is 2. The van der Waals surface area contributed by atoms with Crippen LogP contribution in [0.15, 0.2) is 17.1 Å². The topological polar surface area (TPSA) is 247 Å². The number of nitrogens with zero attached hydrogens (tertiary/aromatic N) is 4. The molecule has 0 aliphatic carbocycles. The van der Waals surface area contributed by atoms with E-state index < -0.39 is 38.4 Å². The summed E-state index contributed by atoms with van der Waals surface area (Å²) in [7, 11) is -4.62. The molecule has 1 unspecified atom stereocenters. The zero-order chi connectivity index (χ0) is 46.8. The molecule has 0 aliphatic heterocycles. The maximum absolute atomic E-state index is 12.8. The molecule has 18 heteroatoms. The number of unbranched alkanes of at least 4 members (excludes halogenated alkanes) is 23. The van der Waals surface area contributed by atoms with E-state index in [0.717, 1.165) is 57.8 Å². The van der Waals surface area contributed by atoms with Crippen molar-refractivity contribution in [2.45, 2.75) is 200 Å². The SMILES string of the molecule is CCCCCCCC/C=C\CCCCCCCC(=O)O[C@H](COC(=O)CCCCCCCCCCCCCCC)COP(=O)(O)OCCN=C([O-])CSCCNc1nc(N)nc(N)n1. The van der Waals surface area contributed by atoms with Crippen molar-refractivity contribution in [3.05, 3.63) is 12.2 Å². The number of phosphoric ester groups is 1. The number of thioether (sulfide) groups is 1. The van der Waals surface area contributed by atoms with Crippen LogP contribution in [0.2, 0.25) is 0 Å². The fraction of sp³-hybridized carbons (Fsp3) is 0.826. The Morgan fingerprint density at radius 3 is 1.73 bits per heavy atom. The normalized spacial score (nSPS) is 13.3. The van der Waals surface area contributed by atoms with Crippen LogP contribution in [0.4, 0.5) is 17.8 Å². The molecular weight excluding hydrogens is 858 g/mol. The summed E-state index contributed by atoms with van der Waals surface area (Å²) in [5.74, 6) is -0.518. The third kappa shape index (κ3) is 38.3. The molecule has 0 spiro atoms. The number of anilines is 3. The zero-order valence-corrected chi connectivity index (χ0v) is 41.2. The van der Waals surface area contributed by atoms with Gasteiger partial charge in [0.2, 0.25) is 17.8 Å². The van der Waals surface area contributed by atoms with Gasteiger partial charge in [-0.1, -0.05) is 154 Å². The van der Waals surface area contributed by atoms with Crippen LogP contribution in [0.1, 0.15) is 194 Å². The van der Waals surface area contributed by atoms with Crippen molar-refractivity contribution >= 4 is 55.3 Å². The number of hydrogen-bond acceptors (Lipinski definition) is 16. The second kappa shape index (κ2) is 41.5. The van der Waals surface area contributed by atoms with Crippen LogP contribution in [0.3, 0.4) is 0 Å². The van der Waals surface area contributed by atoms with Crippen LogP contribution >= 0.6 is 19.6 Å². The molecule has 1 heterocycles. The molecule has 1 aromatic rings. The number of allylic oxidation sites excluding steroid dienone is 2. The Balaban J connectivity index is 2.42. The molecule has 6 N–H and O–H groups in total. The number of aromatic nitrogens is 3. The summed E-state index contributed by atoms with van der Waals surface area (Å²) in [6, 6.07) is 0. The van der Waals surface area contributed by atoms with E-state index in [1.807, 2.05) is 0 Å². The molecule has 2 atom stereocenters. The number of nitrogens with one attached hydrogen (secondary N) is 1. The lowest BCUT2D eigenvalue weighted by molar-refractivity contribution is -0.215. The molecule has 0 bridgehead atoms. The lowest BCUT2D eigenvalue weighted by Crippen LogP contribution is -2.29. The average Bonchev–Trinajstić information content (AvgIpc) is 3.26. The highest BCUT2D eigenvalue weighted by Gasteiger charge is 2.26. The van der Waals surface area contributed by atoms with Crippen LogP contribution in [-0.2, 0) is 32.7 Å². The summed E-state index contributed by atoms with van der Waals surface area (Å²) in [6.07, 6.45) is 34.3. The number of esters is 2. The number of nitrogen functional groups attached to an aromatic ring is 2. The molecule has 1 aromatic heterocycles. The second-order valence-corrected chi connectivity index (χ2v) is 18.9. The van der Waals surface area contributed by atoms with Crippen LogP contribution in [0.25, 0.3) is 0 Å². The Morgan fingerprint density at radius 1 is 0.719 bits per heavy atom. The molecule has 64 heavy (non-hydrogen) atoms. The molecule has 0 radical (unpaired) electrons. The molecule has 1 rings (SSSR count). The predicted molar refractivity (Wildman–Crippen MR) is 259 cm³/mol. The third-order valence-corrected chi connectivity index (χ3v) is 12.3. The van der Waals surface area contributed by atoms with E-state index in [1.54, 1.807) is 0 Å². The van der Waals surface area contributed by atoms with Crippen molar-refractivity contribution in [2.24, 2.45) is 4.99 Å². The Hall–Kier alpha value is -2.98. The maximum Gasteiger partial charge on any atom is 0.472 e. The van der Waals surface area contributed by atoms with Crippen molar-refractivity contribution in [1.29, 1.82) is 0 Å². The standard InChI is InChI=1S/C46H86N7O9PS/c1-3-5-7-9-11-13-15-17-18-20-22-24-26-28-30-32-43(56)62-40(37-59-42(55)31-29-27-25-23-21-19-16-14-12-10-8-6-4-2)38-61-63(57,58)60-35-33-49-41(54)39-64-36-34-50-46-52-44(47)51-45(48)53-46/h17-18,40H,3-16,19-39H2,1-2H3,(H,49,54)(H,57,58)(H5,47,48,50,51,52,53)/p-1/b18-17-/t40-/m1/s1. The van der Waals surface area contributed by atoms with Crippen LogP contribution in [0, 0.1) is 0 Å². The van der Waals surface area contributed by atoms with Crippen LogP contribution < -0.4 is 21.9 Å². The van der Waals surface area contributed by atoms with Gasteiger partial charge in [0.1, 0.15) is 6.61 Å². The first-order valence-electron chi connectivity index (χ1n) is 24.5. The van der Waals surface area contributed by atoms with Gasteiger partial charge in [-0.05, 0) is 44.4 Å². The Bertz CT molecular complexity index is 1410. The van der Waals surface area contributed by atoms with Crippen molar-refractivity contribution in [1.82, 2.24) is 15.0 Å². The summed E-state index contributed by atoms with van der Waals surface area (Å²) in [4.78, 5) is 51.0. The predicted octanol–water partition coefficient (Wildman–Crippen LogP) is 10.0. The monoisotopic (exact) mass is 943 g/mol. The van der Waals surface area contributed by atoms with E-state index in [-0.39, 0.29) is 56.2 Å². The molecule has 16 nitrogen and oxygen atoms in total. The lowest BCUT2D eigenvalue weighted by atomic mass is 10.0. The molecule has 0 saturated carbocycles. The first-order valence-corrected chi connectivity index (χ1v) is 27.1. The third-order valence-electron chi connectivity index (χ3n) is 10.3.